The van der Waals surface area contributed by atoms with E-state index in [4.69, 9.17) is 18.0 Å². The Labute approximate surface area is 131 Å². The first-order valence-electron chi connectivity index (χ1n) is 5.78. The molecule has 0 spiro atoms. The molecule has 0 radical (unpaired) electrons. The maximum atomic E-state index is 5.81. The van der Waals surface area contributed by atoms with Gasteiger partial charge in [-0.1, -0.05) is 24.4 Å². The van der Waals surface area contributed by atoms with Crippen molar-refractivity contribution >= 4 is 51.2 Å². The Morgan fingerprint density at radius 1 is 1.26 bits per heavy atom. The van der Waals surface area contributed by atoms with Gasteiger partial charge in [0.15, 0.2) is 0 Å². The molecule has 0 saturated heterocycles. The Balaban J connectivity index is 2.51. The van der Waals surface area contributed by atoms with Crippen LogP contribution in [0.5, 0.6) is 0 Å². The van der Waals surface area contributed by atoms with Gasteiger partial charge < -0.3 is 11.1 Å². The zero-order valence-corrected chi connectivity index (χ0v) is 13.7. The number of aromatic nitrogens is 1. The van der Waals surface area contributed by atoms with Crippen LogP contribution in [0.25, 0.3) is 0 Å². The lowest BCUT2D eigenvalue weighted by Crippen LogP contribution is -2.15. The Morgan fingerprint density at radius 2 is 1.95 bits per heavy atom. The lowest BCUT2D eigenvalue weighted by Gasteiger charge is -2.15. The van der Waals surface area contributed by atoms with E-state index in [1.807, 2.05) is 44.2 Å². The Kier molecular flexibility index (Phi) is 4.36. The van der Waals surface area contributed by atoms with Crippen LogP contribution in [-0.2, 0) is 0 Å². The van der Waals surface area contributed by atoms with E-state index in [9.17, 15) is 0 Å². The molecule has 0 saturated carbocycles. The van der Waals surface area contributed by atoms with Crippen LogP contribution in [0.1, 0.15) is 17.0 Å². The van der Waals surface area contributed by atoms with Crippen molar-refractivity contribution in [1.29, 1.82) is 0 Å². The maximum absolute atomic E-state index is 5.81. The largest absolute Gasteiger partial charge is 0.389 e. The van der Waals surface area contributed by atoms with E-state index in [0.29, 0.717) is 4.99 Å². The second-order valence-corrected chi connectivity index (χ2v) is 5.84. The summed E-state index contributed by atoms with van der Waals surface area (Å²) in [6.45, 7) is 3.88. The fourth-order valence-corrected chi connectivity index (χ4v) is 2.73. The summed E-state index contributed by atoms with van der Waals surface area (Å²) in [5.41, 5.74) is 10.3. The third kappa shape index (κ3) is 3.22. The van der Waals surface area contributed by atoms with Crippen molar-refractivity contribution in [2.75, 3.05) is 5.32 Å². The zero-order valence-electron chi connectivity index (χ0n) is 10.7. The number of thiocarbonyl (C=S) groups is 1. The van der Waals surface area contributed by atoms with Crippen molar-refractivity contribution in [2.45, 2.75) is 13.8 Å². The van der Waals surface area contributed by atoms with Crippen molar-refractivity contribution in [1.82, 2.24) is 4.98 Å². The zero-order chi connectivity index (χ0) is 14.0. The quantitative estimate of drug-likeness (QED) is 0.627. The Morgan fingerprint density at radius 3 is 2.58 bits per heavy atom. The summed E-state index contributed by atoms with van der Waals surface area (Å²) in [5.74, 6) is 0. The van der Waals surface area contributed by atoms with E-state index >= 15 is 0 Å². The van der Waals surface area contributed by atoms with E-state index in [1.165, 1.54) is 0 Å². The average Bonchev–Trinajstić information content (AvgIpc) is 2.30. The molecule has 1 aromatic heterocycles. The number of halogens is 1. The Hall–Kier alpha value is -1.21. The SMILES string of the molecule is Cc1cc(Nc2ccccc2I)c(C(N)=S)c(C)n1. The van der Waals surface area contributed by atoms with Crippen LogP contribution in [0.4, 0.5) is 11.4 Å². The van der Waals surface area contributed by atoms with Crippen LogP contribution in [0.3, 0.4) is 0 Å². The van der Waals surface area contributed by atoms with Gasteiger partial charge in [0, 0.05) is 15.0 Å². The van der Waals surface area contributed by atoms with E-state index in [2.05, 4.69) is 32.9 Å². The molecular weight excluding hydrogens is 369 g/mol. The molecule has 0 atom stereocenters. The summed E-state index contributed by atoms with van der Waals surface area (Å²) in [4.78, 5) is 4.77. The molecule has 1 aromatic carbocycles. The number of aryl methyl sites for hydroxylation is 2. The molecule has 0 bridgehead atoms. The highest BCUT2D eigenvalue weighted by molar-refractivity contribution is 14.1. The number of pyridine rings is 1. The van der Waals surface area contributed by atoms with Gasteiger partial charge in [-0.05, 0) is 54.6 Å². The standard InChI is InChI=1S/C14H14IN3S/c1-8-7-12(13(14(16)19)9(2)17-8)18-11-6-4-3-5-10(11)15/h3-7H,1-2H3,(H2,16,19)(H,17,18). The molecule has 0 aliphatic heterocycles. The smallest absolute Gasteiger partial charge is 0.107 e. The molecule has 0 unspecified atom stereocenters. The number of anilines is 2. The third-order valence-electron chi connectivity index (χ3n) is 2.72. The van der Waals surface area contributed by atoms with Gasteiger partial charge >= 0.3 is 0 Å². The summed E-state index contributed by atoms with van der Waals surface area (Å²) in [7, 11) is 0. The third-order valence-corrected chi connectivity index (χ3v) is 3.86. The summed E-state index contributed by atoms with van der Waals surface area (Å²) in [6, 6.07) is 10.0. The van der Waals surface area contributed by atoms with Crippen LogP contribution in [0.15, 0.2) is 30.3 Å². The van der Waals surface area contributed by atoms with Crippen molar-refractivity contribution in [3.05, 3.63) is 50.9 Å². The highest BCUT2D eigenvalue weighted by Crippen LogP contribution is 2.26. The number of nitrogens with zero attached hydrogens (tertiary/aromatic N) is 1. The molecule has 19 heavy (non-hydrogen) atoms. The minimum absolute atomic E-state index is 0.360. The molecule has 3 nitrogen and oxygen atoms in total. The highest BCUT2D eigenvalue weighted by Gasteiger charge is 2.12. The van der Waals surface area contributed by atoms with Gasteiger partial charge in [0.1, 0.15) is 4.99 Å². The van der Waals surface area contributed by atoms with Crippen LogP contribution in [-0.4, -0.2) is 9.97 Å². The number of para-hydroxylation sites is 1. The summed E-state index contributed by atoms with van der Waals surface area (Å²) in [5, 5.41) is 3.39. The van der Waals surface area contributed by atoms with Gasteiger partial charge in [0.2, 0.25) is 0 Å². The summed E-state index contributed by atoms with van der Waals surface area (Å²) < 4.78 is 1.14. The average molecular weight is 383 g/mol. The van der Waals surface area contributed by atoms with Crippen LogP contribution in [0.2, 0.25) is 0 Å². The number of nitrogens with one attached hydrogen (secondary N) is 1. The van der Waals surface area contributed by atoms with E-state index < -0.39 is 0 Å². The van der Waals surface area contributed by atoms with Crippen LogP contribution < -0.4 is 11.1 Å². The van der Waals surface area contributed by atoms with Crippen molar-refractivity contribution in [2.24, 2.45) is 5.73 Å². The first-order valence-corrected chi connectivity index (χ1v) is 7.27. The molecule has 2 aromatic rings. The Bertz CT molecular complexity index is 641. The molecule has 0 aliphatic carbocycles. The summed E-state index contributed by atoms with van der Waals surface area (Å²) in [6.07, 6.45) is 0. The number of rotatable bonds is 3. The second-order valence-electron chi connectivity index (χ2n) is 4.24. The van der Waals surface area contributed by atoms with Crippen molar-refractivity contribution < 1.29 is 0 Å². The van der Waals surface area contributed by atoms with E-state index in [1.54, 1.807) is 0 Å². The monoisotopic (exact) mass is 383 g/mol. The molecule has 0 fully saturated rings. The highest BCUT2D eigenvalue weighted by atomic mass is 127. The number of benzene rings is 1. The van der Waals surface area contributed by atoms with Gasteiger partial charge in [-0.3, -0.25) is 4.98 Å². The predicted octanol–water partition coefficient (Wildman–Crippen LogP) is 3.68. The van der Waals surface area contributed by atoms with Crippen molar-refractivity contribution in [3.8, 4) is 0 Å². The molecule has 3 N–H and O–H groups in total. The molecule has 2 rings (SSSR count). The molecule has 0 amide bonds. The second kappa shape index (κ2) is 5.83. The van der Waals surface area contributed by atoms with Crippen LogP contribution in [0, 0.1) is 17.4 Å². The van der Waals surface area contributed by atoms with Gasteiger partial charge in [0.25, 0.3) is 0 Å². The fraction of sp³-hybridized carbons (Fsp3) is 0.143. The van der Waals surface area contributed by atoms with Crippen LogP contribution >= 0.6 is 34.8 Å². The first-order chi connectivity index (χ1) is 8.99. The number of hydrogen-bond acceptors (Lipinski definition) is 3. The first kappa shape index (κ1) is 14.2. The molecule has 98 valence electrons. The number of hydrogen-bond donors (Lipinski definition) is 2. The predicted molar refractivity (Wildman–Crippen MR) is 92.0 cm³/mol. The van der Waals surface area contributed by atoms with Gasteiger partial charge in [-0.15, -0.1) is 0 Å². The van der Waals surface area contributed by atoms with E-state index in [0.717, 1.165) is 31.9 Å². The lowest BCUT2D eigenvalue weighted by atomic mass is 10.1. The van der Waals surface area contributed by atoms with Crippen molar-refractivity contribution in [3.63, 3.8) is 0 Å². The molecule has 5 heteroatoms. The van der Waals surface area contributed by atoms with Gasteiger partial charge in [0.05, 0.1) is 16.9 Å². The molecular formula is C14H14IN3S. The van der Waals surface area contributed by atoms with Gasteiger partial charge in [-0.2, -0.15) is 0 Å². The minimum atomic E-state index is 0.360. The molecule has 0 aliphatic rings. The van der Waals surface area contributed by atoms with Gasteiger partial charge in [-0.25, -0.2) is 0 Å². The topological polar surface area (TPSA) is 50.9 Å². The maximum Gasteiger partial charge on any atom is 0.107 e. The number of nitrogens with two attached hydrogens (primary N) is 1. The normalized spacial score (nSPS) is 10.3. The minimum Gasteiger partial charge on any atom is -0.389 e. The van der Waals surface area contributed by atoms with E-state index in [-0.39, 0.29) is 0 Å². The summed E-state index contributed by atoms with van der Waals surface area (Å²) >= 11 is 7.42. The fourth-order valence-electron chi connectivity index (χ4n) is 1.95. The molecule has 1 heterocycles. The lowest BCUT2D eigenvalue weighted by molar-refractivity contribution is 1.11.